The average Bonchev–Trinajstić information content (AvgIpc) is 3.29. The van der Waals surface area contributed by atoms with E-state index in [1.165, 1.54) is 11.3 Å². The monoisotopic (exact) mass is 493 g/mol. The summed E-state index contributed by atoms with van der Waals surface area (Å²) >= 11 is 18.0. The minimum atomic E-state index is -0.709. The van der Waals surface area contributed by atoms with E-state index in [-0.39, 0.29) is 18.9 Å². The predicted octanol–water partition coefficient (Wildman–Crippen LogP) is 5.70. The van der Waals surface area contributed by atoms with Crippen molar-refractivity contribution in [2.45, 2.75) is 19.0 Å². The fraction of sp³-hybridized carbons (Fsp3) is 0.182. The Hall–Kier alpha value is -2.87. The second-order valence-corrected chi connectivity index (χ2v) is 8.27. The molecular formula is C22H18Cl3N3O4. The van der Waals surface area contributed by atoms with Crippen LogP contribution in [0.15, 0.2) is 59.2 Å². The van der Waals surface area contributed by atoms with Crippen LogP contribution in [0, 0.1) is 0 Å². The minimum Gasteiger partial charge on any atom is -0.492 e. The molecule has 2 amide bonds. The molecule has 1 unspecified atom stereocenters. The van der Waals surface area contributed by atoms with Crippen LogP contribution in [0.2, 0.25) is 15.1 Å². The number of halogens is 3. The molecule has 0 radical (unpaired) electrons. The number of fused-ring (bicyclic) bond motifs is 1. The first-order chi connectivity index (χ1) is 15.4. The molecule has 7 nitrogen and oxygen atoms in total. The van der Waals surface area contributed by atoms with Crippen LogP contribution < -0.4 is 15.5 Å². The molecule has 3 aromatic rings. The summed E-state index contributed by atoms with van der Waals surface area (Å²) in [7, 11) is 0. The first-order valence-corrected chi connectivity index (χ1v) is 10.9. The van der Waals surface area contributed by atoms with Crippen molar-refractivity contribution in [2.75, 3.05) is 11.9 Å². The number of carbonyl (C=O) groups is 2. The van der Waals surface area contributed by atoms with Gasteiger partial charge in [0.2, 0.25) is 5.91 Å². The number of rotatable bonds is 7. The number of benzene rings is 2. The van der Waals surface area contributed by atoms with E-state index in [9.17, 15) is 9.59 Å². The summed E-state index contributed by atoms with van der Waals surface area (Å²) in [5.41, 5.74) is 3.61. The van der Waals surface area contributed by atoms with Gasteiger partial charge in [-0.2, -0.15) is 0 Å². The van der Waals surface area contributed by atoms with Gasteiger partial charge < -0.3 is 14.5 Å². The molecule has 0 spiro atoms. The van der Waals surface area contributed by atoms with Gasteiger partial charge in [-0.1, -0.05) is 34.8 Å². The van der Waals surface area contributed by atoms with Gasteiger partial charge in [-0.3, -0.25) is 15.0 Å². The van der Waals surface area contributed by atoms with Crippen molar-refractivity contribution >= 4 is 52.3 Å². The van der Waals surface area contributed by atoms with Crippen molar-refractivity contribution in [1.29, 1.82) is 0 Å². The highest BCUT2D eigenvalue weighted by Gasteiger charge is 2.36. The summed E-state index contributed by atoms with van der Waals surface area (Å²) in [5, 5.41) is 5.73. The standard InChI is InChI=1S/C22H18Cl3N3O4/c23-13-5-7-17-15(11-13)22(30)28(21(26-17)19-3-1-9-32-19)27-20(29)4-2-10-31-18-8-6-14(24)12-16(18)25/h1,3,5-9,11-12,21,26H,2,4,10H2,(H,27,29). The molecule has 1 atom stereocenters. The van der Waals surface area contributed by atoms with E-state index in [1.54, 1.807) is 48.5 Å². The van der Waals surface area contributed by atoms with Crippen LogP contribution >= 0.6 is 34.8 Å². The summed E-state index contributed by atoms with van der Waals surface area (Å²) in [5.74, 6) is 0.200. The zero-order chi connectivity index (χ0) is 22.7. The van der Waals surface area contributed by atoms with Crippen molar-refractivity contribution in [3.05, 3.63) is 81.2 Å². The van der Waals surface area contributed by atoms with Crippen LogP contribution in [0.1, 0.15) is 35.1 Å². The van der Waals surface area contributed by atoms with Gasteiger partial charge in [-0.25, -0.2) is 5.01 Å². The molecule has 32 heavy (non-hydrogen) atoms. The Balaban J connectivity index is 1.40. The van der Waals surface area contributed by atoms with Crippen LogP contribution in [-0.4, -0.2) is 23.4 Å². The molecular weight excluding hydrogens is 477 g/mol. The van der Waals surface area contributed by atoms with Gasteiger partial charge in [0, 0.05) is 22.2 Å². The third-order valence-electron chi connectivity index (χ3n) is 4.74. The SMILES string of the molecule is O=C(CCCOc1ccc(Cl)cc1Cl)NN1C(=O)c2cc(Cl)ccc2NC1c1ccco1. The number of hydrazine groups is 1. The summed E-state index contributed by atoms with van der Waals surface area (Å²) in [4.78, 5) is 25.7. The van der Waals surface area contributed by atoms with E-state index in [2.05, 4.69) is 10.7 Å². The molecule has 4 rings (SSSR count). The first-order valence-electron chi connectivity index (χ1n) is 9.73. The third-order valence-corrected chi connectivity index (χ3v) is 5.50. The lowest BCUT2D eigenvalue weighted by Gasteiger charge is -2.36. The van der Waals surface area contributed by atoms with Gasteiger partial charge in [-0.05, 0) is 55.0 Å². The number of furan rings is 1. The Morgan fingerprint density at radius 1 is 1.12 bits per heavy atom. The average molecular weight is 495 g/mol. The highest BCUT2D eigenvalue weighted by Crippen LogP contribution is 2.33. The fourth-order valence-electron chi connectivity index (χ4n) is 3.24. The highest BCUT2D eigenvalue weighted by atomic mass is 35.5. The number of nitrogens with zero attached hydrogens (tertiary/aromatic N) is 1. The van der Waals surface area contributed by atoms with Crippen molar-refractivity contribution in [3.8, 4) is 5.75 Å². The Bertz CT molecular complexity index is 1140. The van der Waals surface area contributed by atoms with Crippen LogP contribution in [-0.2, 0) is 4.79 Å². The fourth-order valence-corrected chi connectivity index (χ4v) is 3.87. The second kappa shape index (κ2) is 9.73. The summed E-state index contributed by atoms with van der Waals surface area (Å²) in [6.45, 7) is 0.265. The zero-order valence-corrected chi connectivity index (χ0v) is 18.9. The lowest BCUT2D eigenvalue weighted by atomic mass is 10.1. The van der Waals surface area contributed by atoms with Crippen LogP contribution in [0.5, 0.6) is 5.75 Å². The van der Waals surface area contributed by atoms with Crippen molar-refractivity contribution in [1.82, 2.24) is 10.4 Å². The van der Waals surface area contributed by atoms with Gasteiger partial charge >= 0.3 is 0 Å². The quantitative estimate of drug-likeness (QED) is 0.412. The van der Waals surface area contributed by atoms with Crippen molar-refractivity contribution in [3.63, 3.8) is 0 Å². The Kier molecular flexibility index (Phi) is 6.79. The molecule has 2 aromatic carbocycles. The van der Waals surface area contributed by atoms with E-state index >= 15 is 0 Å². The number of nitrogens with one attached hydrogen (secondary N) is 2. The number of ether oxygens (including phenoxy) is 1. The molecule has 166 valence electrons. The van der Waals surface area contributed by atoms with E-state index in [0.29, 0.717) is 44.2 Å². The van der Waals surface area contributed by atoms with Crippen LogP contribution in [0.4, 0.5) is 5.69 Å². The lowest BCUT2D eigenvalue weighted by molar-refractivity contribution is -0.126. The molecule has 10 heteroatoms. The molecule has 0 fully saturated rings. The van der Waals surface area contributed by atoms with Crippen molar-refractivity contribution < 1.29 is 18.7 Å². The molecule has 1 aliphatic rings. The second-order valence-electron chi connectivity index (χ2n) is 6.99. The predicted molar refractivity (Wildman–Crippen MR) is 122 cm³/mol. The lowest BCUT2D eigenvalue weighted by Crippen LogP contribution is -2.52. The smallest absolute Gasteiger partial charge is 0.276 e. The molecule has 1 aromatic heterocycles. The number of amides is 2. The Morgan fingerprint density at radius 2 is 1.91 bits per heavy atom. The van der Waals surface area contributed by atoms with Crippen molar-refractivity contribution in [2.24, 2.45) is 0 Å². The molecule has 0 saturated carbocycles. The van der Waals surface area contributed by atoms with E-state index in [4.69, 9.17) is 44.0 Å². The minimum absolute atomic E-state index is 0.127. The molecule has 1 aliphatic heterocycles. The summed E-state index contributed by atoms with van der Waals surface area (Å²) < 4.78 is 11.1. The molecule has 0 bridgehead atoms. The molecule has 2 N–H and O–H groups in total. The highest BCUT2D eigenvalue weighted by molar-refractivity contribution is 6.35. The third kappa shape index (κ3) is 4.96. The maximum atomic E-state index is 13.1. The normalized spacial score (nSPS) is 15.2. The van der Waals surface area contributed by atoms with E-state index in [1.807, 2.05) is 0 Å². The number of carbonyl (C=O) groups excluding carboxylic acids is 2. The molecule has 2 heterocycles. The number of hydrogen-bond donors (Lipinski definition) is 2. The van der Waals surface area contributed by atoms with E-state index < -0.39 is 12.1 Å². The van der Waals surface area contributed by atoms with Crippen LogP contribution in [0.3, 0.4) is 0 Å². The van der Waals surface area contributed by atoms with Gasteiger partial charge in [0.15, 0.2) is 6.17 Å². The Labute approximate surface area is 199 Å². The number of anilines is 1. The van der Waals surface area contributed by atoms with E-state index in [0.717, 1.165) is 0 Å². The van der Waals surface area contributed by atoms with Gasteiger partial charge in [0.25, 0.3) is 5.91 Å². The van der Waals surface area contributed by atoms with Gasteiger partial charge in [0.1, 0.15) is 11.5 Å². The van der Waals surface area contributed by atoms with Crippen LogP contribution in [0.25, 0.3) is 0 Å². The van der Waals surface area contributed by atoms with Gasteiger partial charge in [-0.15, -0.1) is 0 Å². The summed E-state index contributed by atoms with van der Waals surface area (Å²) in [6, 6.07) is 13.3. The summed E-state index contributed by atoms with van der Waals surface area (Å²) in [6.07, 6.45) is 1.33. The topological polar surface area (TPSA) is 83.8 Å². The largest absolute Gasteiger partial charge is 0.492 e. The first kappa shape index (κ1) is 22.3. The maximum Gasteiger partial charge on any atom is 0.276 e. The zero-order valence-electron chi connectivity index (χ0n) is 16.6. The molecule has 0 saturated heterocycles. The molecule has 0 aliphatic carbocycles. The number of hydrogen-bond acceptors (Lipinski definition) is 5. The van der Waals surface area contributed by atoms with Gasteiger partial charge in [0.05, 0.1) is 23.5 Å². The Morgan fingerprint density at radius 3 is 2.66 bits per heavy atom. The maximum absolute atomic E-state index is 13.1.